The number of hydrogen-bond acceptors (Lipinski definition) is 4. The Morgan fingerprint density at radius 1 is 1.02 bits per heavy atom. The van der Waals surface area contributed by atoms with E-state index in [-0.39, 0.29) is 23.4 Å². The second kappa shape index (κ2) is 13.0. The highest BCUT2D eigenvalue weighted by Gasteiger charge is 2.33. The number of sulfonamides is 1. The number of anilines is 1. The topological polar surface area (TPSA) is 86.8 Å². The van der Waals surface area contributed by atoms with Gasteiger partial charge in [0.1, 0.15) is 18.4 Å². The summed E-state index contributed by atoms with van der Waals surface area (Å²) in [5, 5.41) is 3.03. The van der Waals surface area contributed by atoms with Crippen molar-refractivity contribution in [2.75, 3.05) is 10.8 Å². The molecule has 40 heavy (non-hydrogen) atoms. The number of benzene rings is 3. The first-order valence-electron chi connectivity index (χ1n) is 13.2. The summed E-state index contributed by atoms with van der Waals surface area (Å²) < 4.78 is 43.0. The van der Waals surface area contributed by atoms with Crippen LogP contribution < -0.4 is 9.62 Å². The van der Waals surface area contributed by atoms with Gasteiger partial charge in [0, 0.05) is 17.1 Å². The Labute approximate surface area is 243 Å². The van der Waals surface area contributed by atoms with Gasteiger partial charge >= 0.3 is 0 Å². The van der Waals surface area contributed by atoms with Crippen molar-refractivity contribution in [1.82, 2.24) is 10.2 Å². The first kappa shape index (κ1) is 29.7. The van der Waals surface area contributed by atoms with Crippen LogP contribution in [0.1, 0.15) is 43.7 Å². The molecule has 0 saturated heterocycles. The van der Waals surface area contributed by atoms with E-state index >= 15 is 0 Å². The van der Waals surface area contributed by atoms with Crippen molar-refractivity contribution in [3.05, 3.63) is 94.2 Å². The molecule has 0 aromatic heterocycles. The number of hydrogen-bond donors (Lipinski definition) is 1. The molecule has 1 atom stereocenters. The van der Waals surface area contributed by atoms with E-state index in [1.165, 1.54) is 29.2 Å². The summed E-state index contributed by atoms with van der Waals surface area (Å²) in [6.45, 7) is 2.96. The van der Waals surface area contributed by atoms with Crippen molar-refractivity contribution in [3.8, 4) is 0 Å². The van der Waals surface area contributed by atoms with E-state index < -0.39 is 34.3 Å². The zero-order valence-corrected chi connectivity index (χ0v) is 24.9. The molecule has 4 rings (SSSR count). The van der Waals surface area contributed by atoms with Gasteiger partial charge in [-0.2, -0.15) is 0 Å². The summed E-state index contributed by atoms with van der Waals surface area (Å²) in [6, 6.07) is 17.9. The highest BCUT2D eigenvalue weighted by Crippen LogP contribution is 2.27. The van der Waals surface area contributed by atoms with Crippen LogP contribution in [-0.4, -0.2) is 43.8 Å². The molecular weight excluding hydrogens is 597 g/mol. The van der Waals surface area contributed by atoms with E-state index in [9.17, 15) is 22.4 Å². The zero-order chi connectivity index (χ0) is 28.9. The number of nitrogens with zero attached hydrogens (tertiary/aromatic N) is 2. The molecular formula is C30H33BrFN3O4S. The predicted octanol–water partition coefficient (Wildman–Crippen LogP) is 5.57. The first-order valence-corrected chi connectivity index (χ1v) is 15.5. The van der Waals surface area contributed by atoms with Crippen LogP contribution in [0.3, 0.4) is 0 Å². The van der Waals surface area contributed by atoms with Crippen molar-refractivity contribution in [3.63, 3.8) is 0 Å². The normalized spacial score (nSPS) is 14.5. The fraction of sp³-hybridized carbons (Fsp3) is 0.333. The van der Waals surface area contributed by atoms with E-state index in [0.717, 1.165) is 35.6 Å². The largest absolute Gasteiger partial charge is 0.352 e. The van der Waals surface area contributed by atoms with Crippen molar-refractivity contribution < 1.29 is 22.4 Å². The van der Waals surface area contributed by atoms with Crippen LogP contribution in [0.2, 0.25) is 0 Å². The van der Waals surface area contributed by atoms with Gasteiger partial charge in [-0.25, -0.2) is 12.8 Å². The van der Waals surface area contributed by atoms with Gasteiger partial charge in [-0.15, -0.1) is 0 Å². The Bertz CT molecular complexity index is 1440. The quantitative estimate of drug-likeness (QED) is 0.318. The molecule has 1 saturated carbocycles. The number of halogens is 2. The maximum atomic E-state index is 14.0. The second-order valence-corrected chi connectivity index (χ2v) is 12.9. The summed E-state index contributed by atoms with van der Waals surface area (Å²) >= 11 is 3.39. The van der Waals surface area contributed by atoms with Gasteiger partial charge in [-0.1, -0.05) is 64.7 Å². The number of carbonyl (C=O) groups is 2. The summed E-state index contributed by atoms with van der Waals surface area (Å²) in [4.78, 5) is 28.6. The van der Waals surface area contributed by atoms with Crippen LogP contribution in [0.5, 0.6) is 0 Å². The molecule has 0 bridgehead atoms. The molecule has 1 aliphatic rings. The van der Waals surface area contributed by atoms with E-state index in [1.54, 1.807) is 55.5 Å². The predicted molar refractivity (Wildman–Crippen MR) is 157 cm³/mol. The Hall–Kier alpha value is -3.24. The zero-order valence-electron chi connectivity index (χ0n) is 22.5. The molecule has 1 N–H and O–H groups in total. The van der Waals surface area contributed by atoms with Gasteiger partial charge < -0.3 is 10.2 Å². The minimum atomic E-state index is -4.14. The van der Waals surface area contributed by atoms with E-state index in [1.807, 2.05) is 6.92 Å². The Morgan fingerprint density at radius 3 is 2.30 bits per heavy atom. The molecule has 3 aromatic rings. The monoisotopic (exact) mass is 629 g/mol. The average molecular weight is 631 g/mol. The summed E-state index contributed by atoms with van der Waals surface area (Å²) in [6.07, 6.45) is 3.84. The molecule has 0 radical (unpaired) electrons. The van der Waals surface area contributed by atoms with Crippen LogP contribution in [0, 0.1) is 12.7 Å². The molecule has 1 unspecified atom stereocenters. The Kier molecular flexibility index (Phi) is 9.63. The van der Waals surface area contributed by atoms with Crippen LogP contribution in [-0.2, 0) is 26.2 Å². The smallest absolute Gasteiger partial charge is 0.264 e. The summed E-state index contributed by atoms with van der Waals surface area (Å²) in [5.41, 5.74) is 1.82. The third-order valence-electron chi connectivity index (χ3n) is 7.12. The SMILES string of the molecule is Cc1ccc(S(=O)(=O)N(CC(=O)N(Cc2ccc(F)cc2)C(C)C(=O)NC2CCCC2)c2cccc(Br)c2)cc1. The summed E-state index contributed by atoms with van der Waals surface area (Å²) in [7, 11) is -4.14. The van der Waals surface area contributed by atoms with Gasteiger partial charge in [-0.05, 0) is 74.7 Å². The van der Waals surface area contributed by atoms with Gasteiger partial charge in [0.25, 0.3) is 10.0 Å². The lowest BCUT2D eigenvalue weighted by atomic mass is 10.1. The molecule has 7 nitrogen and oxygen atoms in total. The van der Waals surface area contributed by atoms with Gasteiger partial charge in [0.2, 0.25) is 11.8 Å². The van der Waals surface area contributed by atoms with Crippen LogP contribution >= 0.6 is 15.9 Å². The van der Waals surface area contributed by atoms with Gasteiger partial charge in [0.15, 0.2) is 0 Å². The average Bonchev–Trinajstić information content (AvgIpc) is 3.44. The molecule has 0 aliphatic heterocycles. The van der Waals surface area contributed by atoms with Gasteiger partial charge in [-0.3, -0.25) is 13.9 Å². The molecule has 10 heteroatoms. The number of amides is 2. The van der Waals surface area contributed by atoms with Crippen LogP contribution in [0.15, 0.2) is 82.2 Å². The third-order valence-corrected chi connectivity index (χ3v) is 9.40. The molecule has 3 aromatic carbocycles. The van der Waals surface area contributed by atoms with E-state index in [2.05, 4.69) is 21.2 Å². The van der Waals surface area contributed by atoms with Gasteiger partial charge in [0.05, 0.1) is 10.6 Å². The van der Waals surface area contributed by atoms with E-state index in [4.69, 9.17) is 0 Å². The van der Waals surface area contributed by atoms with Crippen LogP contribution in [0.25, 0.3) is 0 Å². The minimum Gasteiger partial charge on any atom is -0.352 e. The Morgan fingerprint density at radius 2 is 1.68 bits per heavy atom. The molecule has 1 aliphatic carbocycles. The lowest BCUT2D eigenvalue weighted by Crippen LogP contribution is -2.52. The fourth-order valence-corrected chi connectivity index (χ4v) is 6.55. The molecule has 2 amide bonds. The molecule has 0 spiro atoms. The third kappa shape index (κ3) is 7.28. The minimum absolute atomic E-state index is 0.00920. The maximum absolute atomic E-state index is 14.0. The van der Waals surface area contributed by atoms with Crippen molar-refractivity contribution in [2.24, 2.45) is 0 Å². The summed E-state index contributed by atoms with van der Waals surface area (Å²) in [5.74, 6) is -1.29. The lowest BCUT2D eigenvalue weighted by Gasteiger charge is -2.32. The molecule has 1 fully saturated rings. The molecule has 212 valence electrons. The van der Waals surface area contributed by atoms with Crippen LogP contribution in [0.4, 0.5) is 10.1 Å². The van der Waals surface area contributed by atoms with E-state index in [0.29, 0.717) is 15.7 Å². The van der Waals surface area contributed by atoms with Crippen molar-refractivity contribution >= 4 is 43.5 Å². The standard InChI is InChI=1S/C30H33BrFN3O4S/c1-21-10-16-28(17-11-21)40(38,39)35(27-9-5-6-24(31)18-27)20-29(36)34(19-23-12-14-25(32)15-13-23)22(2)30(37)33-26-7-3-4-8-26/h5-6,9-18,22,26H,3-4,7-8,19-20H2,1-2H3,(H,33,37). The maximum Gasteiger partial charge on any atom is 0.264 e. The fourth-order valence-electron chi connectivity index (χ4n) is 4.76. The van der Waals surface area contributed by atoms with Crippen molar-refractivity contribution in [1.29, 1.82) is 0 Å². The number of rotatable bonds is 10. The van der Waals surface area contributed by atoms with Crippen molar-refractivity contribution in [2.45, 2.75) is 63.1 Å². The number of nitrogens with one attached hydrogen (secondary N) is 1. The number of carbonyl (C=O) groups excluding carboxylic acids is 2. The Balaban J connectivity index is 1.68. The second-order valence-electron chi connectivity index (χ2n) is 10.1. The highest BCUT2D eigenvalue weighted by molar-refractivity contribution is 9.10. The number of aryl methyl sites for hydroxylation is 1. The molecule has 0 heterocycles. The first-order chi connectivity index (χ1) is 19.0. The lowest BCUT2D eigenvalue weighted by molar-refractivity contribution is -0.139. The highest BCUT2D eigenvalue weighted by atomic mass is 79.9.